The van der Waals surface area contributed by atoms with Crippen LogP contribution in [0.4, 0.5) is 0 Å². The second-order valence-electron chi connectivity index (χ2n) is 9.71. The molecule has 4 aromatic rings. The second kappa shape index (κ2) is 18.0. The fourth-order valence-corrected chi connectivity index (χ4v) is 4.00. The van der Waals surface area contributed by atoms with E-state index >= 15 is 0 Å². The van der Waals surface area contributed by atoms with E-state index in [1.165, 1.54) is 48.5 Å². The SMILES string of the molecule is O=C(OCCOC(=O)c1cccc(C(=O)OCCOC(=O)c2cccc(C(=O)OCCOC(=O)c3ccccc3)c2)c1)c1ccccc1. The van der Waals surface area contributed by atoms with Crippen LogP contribution in [-0.4, -0.2) is 75.5 Å². The molecule has 0 amide bonds. The largest absolute Gasteiger partial charge is 0.458 e. The lowest BCUT2D eigenvalue weighted by Crippen LogP contribution is -2.16. The summed E-state index contributed by atoms with van der Waals surface area (Å²) in [5.74, 6) is -4.09. The molecule has 0 bridgehead atoms. The van der Waals surface area contributed by atoms with Crippen molar-refractivity contribution < 1.29 is 57.2 Å². The summed E-state index contributed by atoms with van der Waals surface area (Å²) in [6, 6.07) is 28.0. The highest BCUT2D eigenvalue weighted by Crippen LogP contribution is 2.11. The molecule has 12 nitrogen and oxygen atoms in total. The van der Waals surface area contributed by atoms with E-state index in [9.17, 15) is 28.8 Å². The highest BCUT2D eigenvalue weighted by Gasteiger charge is 2.16. The van der Waals surface area contributed by atoms with Crippen molar-refractivity contribution in [3.8, 4) is 0 Å². The molecule has 0 saturated heterocycles. The van der Waals surface area contributed by atoms with Crippen molar-refractivity contribution in [2.75, 3.05) is 39.6 Å². The van der Waals surface area contributed by atoms with Crippen LogP contribution in [0.2, 0.25) is 0 Å². The van der Waals surface area contributed by atoms with Gasteiger partial charge in [-0.1, -0.05) is 48.5 Å². The van der Waals surface area contributed by atoms with Gasteiger partial charge in [0.25, 0.3) is 0 Å². The Morgan fingerprint density at radius 1 is 0.292 bits per heavy atom. The number of hydrogen-bond donors (Lipinski definition) is 0. The topological polar surface area (TPSA) is 158 Å². The Hall–Kier alpha value is -6.30. The highest BCUT2D eigenvalue weighted by atomic mass is 16.6. The first-order valence-corrected chi connectivity index (χ1v) is 14.6. The van der Waals surface area contributed by atoms with Crippen molar-refractivity contribution in [3.63, 3.8) is 0 Å². The van der Waals surface area contributed by atoms with Crippen LogP contribution in [0.5, 0.6) is 0 Å². The zero-order valence-electron chi connectivity index (χ0n) is 25.5. The van der Waals surface area contributed by atoms with Gasteiger partial charge in [-0.3, -0.25) is 0 Å². The lowest BCUT2D eigenvalue weighted by molar-refractivity contribution is 0.0257. The summed E-state index contributed by atoms with van der Waals surface area (Å²) in [5.41, 5.74) is 1.03. The van der Waals surface area contributed by atoms with E-state index in [1.54, 1.807) is 60.7 Å². The van der Waals surface area contributed by atoms with E-state index in [-0.39, 0.29) is 61.9 Å². The van der Waals surface area contributed by atoms with Crippen LogP contribution in [0.1, 0.15) is 62.1 Å². The fourth-order valence-electron chi connectivity index (χ4n) is 4.00. The molecule has 4 rings (SSSR count). The fraction of sp³-hybridized carbons (Fsp3) is 0.167. The van der Waals surface area contributed by atoms with Gasteiger partial charge in [0.05, 0.1) is 33.4 Å². The molecule has 246 valence electrons. The van der Waals surface area contributed by atoms with Crippen LogP contribution in [-0.2, 0) is 28.4 Å². The summed E-state index contributed by atoms with van der Waals surface area (Å²) < 4.78 is 30.7. The molecule has 12 heteroatoms. The lowest BCUT2D eigenvalue weighted by atomic mass is 10.1. The number of rotatable bonds is 15. The first kappa shape index (κ1) is 34.6. The van der Waals surface area contributed by atoms with Gasteiger partial charge in [0.2, 0.25) is 0 Å². The van der Waals surface area contributed by atoms with Crippen molar-refractivity contribution in [1.29, 1.82) is 0 Å². The minimum absolute atomic E-state index is 0.0623. The molecule has 0 unspecified atom stereocenters. The summed E-state index contributed by atoms with van der Waals surface area (Å²) in [6.45, 7) is -1.24. The number of ether oxygens (including phenoxy) is 6. The number of hydrogen-bond acceptors (Lipinski definition) is 12. The molecule has 0 N–H and O–H groups in total. The van der Waals surface area contributed by atoms with Gasteiger partial charge < -0.3 is 28.4 Å². The smallest absolute Gasteiger partial charge is 0.338 e. The van der Waals surface area contributed by atoms with Crippen LogP contribution in [0.3, 0.4) is 0 Å². The zero-order valence-corrected chi connectivity index (χ0v) is 25.5. The molecule has 0 aliphatic rings. The predicted octanol–water partition coefficient (Wildman–Crippen LogP) is 4.73. The molecule has 0 aliphatic heterocycles. The molecule has 0 aromatic heterocycles. The van der Waals surface area contributed by atoms with E-state index in [0.717, 1.165) is 0 Å². The standard InChI is InChI=1S/C36H30O12/c37-31(25-9-3-1-4-10-25)43-17-19-45-33(39)27-13-7-15-29(23-27)35(41)47-21-22-48-36(42)30-16-8-14-28(24-30)34(40)46-20-18-44-32(38)26-11-5-2-6-12-26/h1-16,23-24H,17-22H2. The van der Waals surface area contributed by atoms with E-state index in [1.807, 2.05) is 0 Å². The minimum atomic E-state index is -0.767. The Kier molecular flexibility index (Phi) is 13.0. The third-order valence-corrected chi connectivity index (χ3v) is 6.34. The summed E-state index contributed by atoms with van der Waals surface area (Å²) in [7, 11) is 0. The number of carbonyl (C=O) groups excluding carboxylic acids is 6. The molecule has 0 fully saturated rings. The average Bonchev–Trinajstić information content (AvgIpc) is 3.13. The van der Waals surface area contributed by atoms with Crippen LogP contribution in [0.25, 0.3) is 0 Å². The van der Waals surface area contributed by atoms with Gasteiger partial charge in [-0.25, -0.2) is 28.8 Å². The maximum Gasteiger partial charge on any atom is 0.338 e. The Bertz CT molecular complexity index is 1610. The monoisotopic (exact) mass is 654 g/mol. The molecule has 48 heavy (non-hydrogen) atoms. The van der Waals surface area contributed by atoms with Gasteiger partial charge in [-0.2, -0.15) is 0 Å². The van der Waals surface area contributed by atoms with Crippen LogP contribution in [0, 0.1) is 0 Å². The highest BCUT2D eigenvalue weighted by molar-refractivity contribution is 5.96. The van der Waals surface area contributed by atoms with Crippen molar-refractivity contribution in [1.82, 2.24) is 0 Å². The van der Waals surface area contributed by atoms with Crippen LogP contribution >= 0.6 is 0 Å². The molecular formula is C36H30O12. The molecule has 0 spiro atoms. The quantitative estimate of drug-likeness (QED) is 0.0988. The van der Waals surface area contributed by atoms with Gasteiger partial charge >= 0.3 is 35.8 Å². The van der Waals surface area contributed by atoms with Gasteiger partial charge in [0.15, 0.2) is 0 Å². The Morgan fingerprint density at radius 2 is 0.500 bits per heavy atom. The van der Waals surface area contributed by atoms with E-state index < -0.39 is 35.8 Å². The molecule has 0 heterocycles. The molecular weight excluding hydrogens is 624 g/mol. The number of benzene rings is 4. The lowest BCUT2D eigenvalue weighted by Gasteiger charge is -2.09. The Labute approximate surface area is 275 Å². The van der Waals surface area contributed by atoms with E-state index in [4.69, 9.17) is 28.4 Å². The molecule has 4 aromatic carbocycles. The Balaban J connectivity index is 1.14. The molecule has 0 atom stereocenters. The zero-order chi connectivity index (χ0) is 34.1. The summed E-state index contributed by atoms with van der Waals surface area (Å²) in [5, 5.41) is 0. The third-order valence-electron chi connectivity index (χ3n) is 6.34. The first-order chi connectivity index (χ1) is 23.3. The van der Waals surface area contributed by atoms with Gasteiger partial charge in [0, 0.05) is 0 Å². The third kappa shape index (κ3) is 10.7. The minimum Gasteiger partial charge on any atom is -0.458 e. The Morgan fingerprint density at radius 3 is 0.750 bits per heavy atom. The maximum atomic E-state index is 12.5. The molecule has 0 radical (unpaired) electrons. The van der Waals surface area contributed by atoms with Crippen molar-refractivity contribution in [2.24, 2.45) is 0 Å². The van der Waals surface area contributed by atoms with Gasteiger partial charge in [-0.15, -0.1) is 0 Å². The molecule has 0 aliphatic carbocycles. The van der Waals surface area contributed by atoms with Crippen LogP contribution in [0.15, 0.2) is 109 Å². The number of carbonyl (C=O) groups is 6. The van der Waals surface area contributed by atoms with E-state index in [2.05, 4.69) is 0 Å². The van der Waals surface area contributed by atoms with Crippen LogP contribution < -0.4 is 0 Å². The second-order valence-corrected chi connectivity index (χ2v) is 9.71. The summed E-state index contributed by atoms with van der Waals surface area (Å²) in [4.78, 5) is 73.7. The van der Waals surface area contributed by atoms with Crippen molar-refractivity contribution in [3.05, 3.63) is 143 Å². The van der Waals surface area contributed by atoms with Gasteiger partial charge in [0.1, 0.15) is 39.6 Å². The van der Waals surface area contributed by atoms with Crippen molar-refractivity contribution >= 4 is 35.8 Å². The average molecular weight is 655 g/mol. The van der Waals surface area contributed by atoms with E-state index in [0.29, 0.717) is 11.1 Å². The molecule has 0 saturated carbocycles. The number of esters is 6. The maximum absolute atomic E-state index is 12.5. The first-order valence-electron chi connectivity index (χ1n) is 14.6. The van der Waals surface area contributed by atoms with Gasteiger partial charge in [-0.05, 0) is 60.7 Å². The summed E-state index contributed by atoms with van der Waals surface area (Å²) in [6.07, 6.45) is 0. The predicted molar refractivity (Wildman–Crippen MR) is 167 cm³/mol. The van der Waals surface area contributed by atoms with Crippen molar-refractivity contribution in [2.45, 2.75) is 0 Å². The summed E-state index contributed by atoms with van der Waals surface area (Å²) >= 11 is 0. The normalized spacial score (nSPS) is 10.2.